The summed E-state index contributed by atoms with van der Waals surface area (Å²) in [5.74, 6) is -0.640. The highest BCUT2D eigenvalue weighted by molar-refractivity contribution is 6.01. The first kappa shape index (κ1) is 17.7. The monoisotopic (exact) mass is 365 g/mol. The molecule has 140 valence electrons. The van der Waals surface area contributed by atoms with Gasteiger partial charge in [-0.25, -0.2) is 0 Å². The van der Waals surface area contributed by atoms with Crippen LogP contribution >= 0.6 is 0 Å². The first-order chi connectivity index (χ1) is 13.0. The zero-order valence-electron chi connectivity index (χ0n) is 15.3. The van der Waals surface area contributed by atoms with Crippen LogP contribution in [0.15, 0.2) is 42.6 Å². The van der Waals surface area contributed by atoms with Gasteiger partial charge < -0.3 is 15.3 Å². The average molecular weight is 365 g/mol. The third-order valence-corrected chi connectivity index (χ3v) is 5.59. The van der Waals surface area contributed by atoms with E-state index in [0.29, 0.717) is 37.3 Å². The topological polar surface area (TPSA) is 82.5 Å². The van der Waals surface area contributed by atoms with Crippen LogP contribution in [0.2, 0.25) is 0 Å². The molecule has 0 radical (unpaired) electrons. The Morgan fingerprint density at radius 2 is 1.96 bits per heavy atom. The lowest BCUT2D eigenvalue weighted by Gasteiger charge is -2.39. The van der Waals surface area contributed by atoms with Crippen molar-refractivity contribution < 1.29 is 14.7 Å². The number of nitrogens with one attached hydrogen (secondary N) is 1. The van der Waals surface area contributed by atoms with Crippen LogP contribution in [0.25, 0.3) is 0 Å². The van der Waals surface area contributed by atoms with Crippen LogP contribution in [0.5, 0.6) is 0 Å². The van der Waals surface area contributed by atoms with Gasteiger partial charge in [0.2, 0.25) is 11.8 Å². The van der Waals surface area contributed by atoms with Crippen LogP contribution < -0.4 is 5.32 Å². The van der Waals surface area contributed by atoms with Crippen LogP contribution in [0.1, 0.15) is 42.0 Å². The average Bonchev–Trinajstić information content (AvgIpc) is 2.68. The second-order valence-corrected chi connectivity index (χ2v) is 7.47. The highest BCUT2D eigenvalue weighted by atomic mass is 16.3. The van der Waals surface area contributed by atoms with Crippen molar-refractivity contribution in [1.82, 2.24) is 9.88 Å². The summed E-state index contributed by atoms with van der Waals surface area (Å²) in [6, 6.07) is 11.2. The Labute approximate surface area is 158 Å². The van der Waals surface area contributed by atoms with Gasteiger partial charge >= 0.3 is 0 Å². The number of rotatable bonds is 2. The van der Waals surface area contributed by atoms with Gasteiger partial charge in [-0.2, -0.15) is 0 Å². The number of anilines is 1. The molecule has 27 heavy (non-hydrogen) atoms. The van der Waals surface area contributed by atoms with Crippen molar-refractivity contribution in [1.29, 1.82) is 0 Å². The van der Waals surface area contributed by atoms with Gasteiger partial charge in [0.1, 0.15) is 5.60 Å². The number of piperidine rings is 1. The quantitative estimate of drug-likeness (QED) is 0.856. The maximum atomic E-state index is 13.1. The number of fused-ring (bicyclic) bond motifs is 1. The van der Waals surface area contributed by atoms with Crippen molar-refractivity contribution in [2.45, 2.75) is 37.7 Å². The number of para-hydroxylation sites is 1. The number of hydrogen-bond donors (Lipinski definition) is 2. The molecule has 2 aliphatic rings. The molecule has 1 aromatic carbocycles. The van der Waals surface area contributed by atoms with Crippen molar-refractivity contribution in [3.8, 4) is 0 Å². The molecule has 0 aliphatic carbocycles. The standard InChI is InChI=1S/C21H23N3O3/c1-14-6-7-18(22-13-14)21(27)8-10-24(11-9-21)20(26)16-12-19(25)23-17-5-3-2-4-15(16)17/h2-7,13,16,27H,8-12H2,1H3,(H,23,25). The summed E-state index contributed by atoms with van der Waals surface area (Å²) >= 11 is 0. The van der Waals surface area contributed by atoms with E-state index in [1.54, 1.807) is 11.1 Å². The number of hydrogen-bond acceptors (Lipinski definition) is 4. The zero-order valence-corrected chi connectivity index (χ0v) is 15.3. The van der Waals surface area contributed by atoms with Gasteiger partial charge in [0.05, 0.1) is 11.6 Å². The fourth-order valence-electron chi connectivity index (χ4n) is 3.95. The van der Waals surface area contributed by atoms with E-state index in [1.807, 2.05) is 43.3 Å². The smallest absolute Gasteiger partial charge is 0.230 e. The van der Waals surface area contributed by atoms with Crippen molar-refractivity contribution in [3.05, 3.63) is 59.4 Å². The van der Waals surface area contributed by atoms with E-state index < -0.39 is 11.5 Å². The van der Waals surface area contributed by atoms with Crippen LogP contribution in [-0.4, -0.2) is 39.9 Å². The van der Waals surface area contributed by atoms with Gasteiger partial charge in [0.25, 0.3) is 0 Å². The lowest BCUT2D eigenvalue weighted by Crippen LogP contribution is -2.47. The molecule has 2 aliphatic heterocycles. The largest absolute Gasteiger partial charge is 0.383 e. The summed E-state index contributed by atoms with van der Waals surface area (Å²) in [6.45, 7) is 2.86. The number of likely N-dealkylation sites (tertiary alicyclic amines) is 1. The van der Waals surface area contributed by atoms with Gasteiger partial charge in [-0.1, -0.05) is 24.3 Å². The van der Waals surface area contributed by atoms with Gasteiger partial charge in [-0.15, -0.1) is 0 Å². The van der Waals surface area contributed by atoms with Crippen LogP contribution in [0.4, 0.5) is 5.69 Å². The highest BCUT2D eigenvalue weighted by Crippen LogP contribution is 2.36. The van der Waals surface area contributed by atoms with Crippen LogP contribution in [-0.2, 0) is 15.2 Å². The van der Waals surface area contributed by atoms with Gasteiger partial charge in [-0.3, -0.25) is 14.6 Å². The van der Waals surface area contributed by atoms with Crippen molar-refractivity contribution in [2.75, 3.05) is 18.4 Å². The summed E-state index contributed by atoms with van der Waals surface area (Å²) in [6.07, 6.45) is 2.79. The molecule has 1 aromatic heterocycles. The van der Waals surface area contributed by atoms with Gasteiger partial charge in [0.15, 0.2) is 0 Å². The van der Waals surface area contributed by atoms with Gasteiger partial charge in [-0.05, 0) is 43.0 Å². The molecule has 6 nitrogen and oxygen atoms in total. The Bertz CT molecular complexity index is 870. The first-order valence-electron chi connectivity index (χ1n) is 9.29. The molecule has 0 spiro atoms. The summed E-state index contributed by atoms with van der Waals surface area (Å²) < 4.78 is 0. The number of pyridine rings is 1. The molecule has 3 heterocycles. The molecular weight excluding hydrogens is 342 g/mol. The van der Waals surface area contributed by atoms with E-state index in [4.69, 9.17) is 0 Å². The van der Waals surface area contributed by atoms with Crippen LogP contribution in [0, 0.1) is 6.92 Å². The molecular formula is C21H23N3O3. The fourth-order valence-corrected chi connectivity index (χ4v) is 3.95. The minimum atomic E-state index is -1.01. The van der Waals surface area contributed by atoms with Crippen molar-refractivity contribution >= 4 is 17.5 Å². The highest BCUT2D eigenvalue weighted by Gasteiger charge is 2.39. The summed E-state index contributed by atoms with van der Waals surface area (Å²) in [7, 11) is 0. The van der Waals surface area contributed by atoms with Crippen LogP contribution in [0.3, 0.4) is 0 Å². The number of aryl methyl sites for hydroxylation is 1. The van der Waals surface area contributed by atoms with Crippen molar-refractivity contribution in [3.63, 3.8) is 0 Å². The third kappa shape index (κ3) is 3.32. The maximum absolute atomic E-state index is 13.1. The normalized spacial score (nSPS) is 21.3. The molecule has 1 unspecified atom stereocenters. The van der Waals surface area contributed by atoms with E-state index in [9.17, 15) is 14.7 Å². The second-order valence-electron chi connectivity index (χ2n) is 7.47. The number of amides is 2. The number of benzene rings is 1. The molecule has 1 saturated heterocycles. The molecule has 1 atom stereocenters. The van der Waals surface area contributed by atoms with E-state index in [2.05, 4.69) is 10.3 Å². The zero-order chi connectivity index (χ0) is 19.0. The molecule has 2 aromatic rings. The van der Waals surface area contributed by atoms with E-state index >= 15 is 0 Å². The number of aromatic nitrogens is 1. The third-order valence-electron chi connectivity index (χ3n) is 5.59. The Kier molecular flexibility index (Phi) is 4.44. The van der Waals surface area contributed by atoms with E-state index in [-0.39, 0.29) is 18.2 Å². The summed E-state index contributed by atoms with van der Waals surface area (Å²) in [4.78, 5) is 31.2. The summed E-state index contributed by atoms with van der Waals surface area (Å²) in [5, 5.41) is 13.8. The fraction of sp³-hybridized carbons (Fsp3) is 0.381. The second kappa shape index (κ2) is 6.78. The molecule has 2 N–H and O–H groups in total. The Balaban J connectivity index is 1.49. The lowest BCUT2D eigenvalue weighted by atomic mass is 9.85. The molecule has 0 bridgehead atoms. The minimum absolute atomic E-state index is 0.0452. The molecule has 1 fully saturated rings. The predicted octanol–water partition coefficient (Wildman–Crippen LogP) is 2.33. The molecule has 6 heteroatoms. The van der Waals surface area contributed by atoms with E-state index in [0.717, 1.165) is 11.1 Å². The molecule has 0 saturated carbocycles. The maximum Gasteiger partial charge on any atom is 0.230 e. The van der Waals surface area contributed by atoms with Gasteiger partial charge in [0, 0.05) is 31.4 Å². The number of aliphatic hydroxyl groups is 1. The Hall–Kier alpha value is -2.73. The number of nitrogens with zero attached hydrogens (tertiary/aromatic N) is 2. The Morgan fingerprint density at radius 3 is 2.67 bits per heavy atom. The number of carbonyl (C=O) groups excluding carboxylic acids is 2. The predicted molar refractivity (Wildman–Crippen MR) is 101 cm³/mol. The molecule has 4 rings (SSSR count). The molecule has 2 amide bonds. The minimum Gasteiger partial charge on any atom is -0.383 e. The Morgan fingerprint density at radius 1 is 1.22 bits per heavy atom. The number of carbonyl (C=O) groups is 2. The van der Waals surface area contributed by atoms with E-state index in [1.165, 1.54) is 0 Å². The van der Waals surface area contributed by atoms with Crippen molar-refractivity contribution in [2.24, 2.45) is 0 Å². The SMILES string of the molecule is Cc1ccc(C2(O)CCN(C(=O)C3CC(=O)Nc4ccccc43)CC2)nc1. The lowest BCUT2D eigenvalue weighted by molar-refractivity contribution is -0.139. The first-order valence-corrected chi connectivity index (χ1v) is 9.29. The summed E-state index contributed by atoms with van der Waals surface area (Å²) in [5.41, 5.74) is 2.27.